The van der Waals surface area contributed by atoms with Gasteiger partial charge in [0, 0.05) is 0 Å². The number of fused-ring (bicyclic) bond motifs is 1. The van der Waals surface area contributed by atoms with E-state index in [-0.39, 0.29) is 6.61 Å². The number of anilines is 1. The number of benzene rings is 2. The van der Waals surface area contributed by atoms with Crippen LogP contribution in [0.3, 0.4) is 0 Å². The monoisotopic (exact) mass is 357 g/mol. The van der Waals surface area contributed by atoms with Crippen molar-refractivity contribution in [3.05, 3.63) is 48.5 Å². The molecule has 1 amide bonds. The van der Waals surface area contributed by atoms with Gasteiger partial charge in [0.2, 0.25) is 6.10 Å². The van der Waals surface area contributed by atoms with E-state index in [2.05, 4.69) is 5.32 Å². The third-order valence-corrected chi connectivity index (χ3v) is 3.58. The minimum atomic E-state index is -0.909. The van der Waals surface area contributed by atoms with Crippen LogP contribution < -0.4 is 19.5 Å². The van der Waals surface area contributed by atoms with Crippen molar-refractivity contribution in [1.29, 1.82) is 0 Å². The predicted molar refractivity (Wildman–Crippen MR) is 93.6 cm³/mol. The van der Waals surface area contributed by atoms with E-state index in [4.69, 9.17) is 18.9 Å². The molecule has 2 aromatic rings. The Bertz CT molecular complexity index is 791. The molecule has 7 heteroatoms. The number of hydrogen-bond donors (Lipinski definition) is 1. The van der Waals surface area contributed by atoms with Crippen molar-refractivity contribution in [1.82, 2.24) is 0 Å². The number of esters is 1. The molecule has 0 aliphatic carbocycles. The molecule has 1 aliphatic heterocycles. The van der Waals surface area contributed by atoms with Crippen molar-refractivity contribution in [3.63, 3.8) is 0 Å². The largest absolute Gasteiger partial charge is 0.492 e. The second-order valence-corrected chi connectivity index (χ2v) is 5.45. The molecule has 26 heavy (non-hydrogen) atoms. The first kappa shape index (κ1) is 17.6. The van der Waals surface area contributed by atoms with Gasteiger partial charge >= 0.3 is 5.97 Å². The minimum absolute atomic E-state index is 0.0324. The Balaban J connectivity index is 1.51. The van der Waals surface area contributed by atoms with Crippen LogP contribution in [0.15, 0.2) is 48.5 Å². The molecule has 0 bridgehead atoms. The number of nitrogens with one attached hydrogen (secondary N) is 1. The van der Waals surface area contributed by atoms with Gasteiger partial charge in [0.15, 0.2) is 18.1 Å². The van der Waals surface area contributed by atoms with E-state index in [9.17, 15) is 9.59 Å². The lowest BCUT2D eigenvalue weighted by Gasteiger charge is -2.24. The van der Waals surface area contributed by atoms with E-state index in [1.807, 2.05) is 13.0 Å². The maximum atomic E-state index is 12.1. The van der Waals surface area contributed by atoms with E-state index in [1.165, 1.54) is 0 Å². The van der Waals surface area contributed by atoms with Crippen molar-refractivity contribution in [2.24, 2.45) is 0 Å². The third-order valence-electron chi connectivity index (χ3n) is 3.58. The van der Waals surface area contributed by atoms with Gasteiger partial charge in [0.1, 0.15) is 12.4 Å². The van der Waals surface area contributed by atoms with Crippen LogP contribution in [0, 0.1) is 0 Å². The molecule has 1 N–H and O–H groups in total. The second-order valence-electron chi connectivity index (χ2n) is 5.45. The highest BCUT2D eigenvalue weighted by Crippen LogP contribution is 2.31. The number of rotatable bonds is 6. The molecule has 1 aliphatic rings. The lowest BCUT2D eigenvalue weighted by Crippen LogP contribution is -2.39. The maximum absolute atomic E-state index is 12.1. The third kappa shape index (κ3) is 4.24. The summed E-state index contributed by atoms with van der Waals surface area (Å²) >= 11 is 0. The van der Waals surface area contributed by atoms with Crippen molar-refractivity contribution in [2.45, 2.75) is 13.0 Å². The number of carbonyl (C=O) groups is 2. The standard InChI is InChI=1S/C19H19NO6/c1-2-23-14-8-4-3-7-13(14)20-18(21)12-25-19(22)17-11-24-15-9-5-6-10-16(15)26-17/h3-10,17H,2,11-12H2,1H3,(H,20,21)/t17-/m1/s1. The normalized spacial score (nSPS) is 15.0. The first-order valence-electron chi connectivity index (χ1n) is 8.24. The molecule has 2 aromatic carbocycles. The van der Waals surface area contributed by atoms with Crippen LogP contribution in [0.2, 0.25) is 0 Å². The van der Waals surface area contributed by atoms with Crippen molar-refractivity contribution in [3.8, 4) is 17.2 Å². The molecule has 0 unspecified atom stereocenters. The zero-order chi connectivity index (χ0) is 18.4. The molecule has 3 rings (SSSR count). The Morgan fingerprint density at radius 3 is 2.65 bits per heavy atom. The van der Waals surface area contributed by atoms with Crippen LogP contribution in [0.1, 0.15) is 6.92 Å². The van der Waals surface area contributed by atoms with Gasteiger partial charge in [-0.1, -0.05) is 24.3 Å². The molecule has 0 radical (unpaired) electrons. The summed E-state index contributed by atoms with van der Waals surface area (Å²) in [6.45, 7) is 1.93. The van der Waals surface area contributed by atoms with Gasteiger partial charge < -0.3 is 24.3 Å². The van der Waals surface area contributed by atoms with Crippen LogP contribution in [-0.2, 0) is 14.3 Å². The fourth-order valence-electron chi connectivity index (χ4n) is 2.40. The zero-order valence-corrected chi connectivity index (χ0v) is 14.3. The molecule has 1 heterocycles. The van der Waals surface area contributed by atoms with Gasteiger partial charge in [-0.05, 0) is 31.2 Å². The van der Waals surface area contributed by atoms with Crippen molar-refractivity contribution < 1.29 is 28.5 Å². The quantitative estimate of drug-likeness (QED) is 0.800. The van der Waals surface area contributed by atoms with Crippen LogP contribution in [-0.4, -0.2) is 37.8 Å². The molecular formula is C19H19NO6. The molecule has 136 valence electrons. The number of ether oxygens (including phenoxy) is 4. The fraction of sp³-hybridized carbons (Fsp3) is 0.263. The van der Waals surface area contributed by atoms with Crippen molar-refractivity contribution >= 4 is 17.6 Å². The zero-order valence-electron chi connectivity index (χ0n) is 14.3. The summed E-state index contributed by atoms with van der Waals surface area (Å²) in [5.74, 6) is 0.461. The highest BCUT2D eigenvalue weighted by Gasteiger charge is 2.29. The van der Waals surface area contributed by atoms with Crippen LogP contribution >= 0.6 is 0 Å². The van der Waals surface area contributed by atoms with E-state index < -0.39 is 24.6 Å². The summed E-state index contributed by atoms with van der Waals surface area (Å²) < 4.78 is 21.5. The van der Waals surface area contributed by atoms with E-state index >= 15 is 0 Å². The number of para-hydroxylation sites is 4. The minimum Gasteiger partial charge on any atom is -0.492 e. The van der Waals surface area contributed by atoms with Gasteiger partial charge in [-0.15, -0.1) is 0 Å². The molecule has 0 spiro atoms. The molecule has 1 atom stereocenters. The average molecular weight is 357 g/mol. The summed E-state index contributed by atoms with van der Waals surface area (Å²) in [5.41, 5.74) is 0.515. The van der Waals surface area contributed by atoms with Gasteiger partial charge in [0.25, 0.3) is 5.91 Å². The Morgan fingerprint density at radius 1 is 1.12 bits per heavy atom. The smallest absolute Gasteiger partial charge is 0.351 e. The number of hydrogen-bond acceptors (Lipinski definition) is 6. The number of amides is 1. The van der Waals surface area contributed by atoms with Crippen LogP contribution in [0.4, 0.5) is 5.69 Å². The molecule has 0 saturated carbocycles. The first-order valence-corrected chi connectivity index (χ1v) is 8.24. The van der Waals surface area contributed by atoms with Gasteiger partial charge in [-0.2, -0.15) is 0 Å². The SMILES string of the molecule is CCOc1ccccc1NC(=O)COC(=O)[C@H]1COc2ccccc2O1. The number of carbonyl (C=O) groups excluding carboxylic acids is 2. The van der Waals surface area contributed by atoms with Crippen molar-refractivity contribution in [2.75, 3.05) is 25.1 Å². The Labute approximate surface area is 150 Å². The summed E-state index contributed by atoms with van der Waals surface area (Å²) in [6.07, 6.45) is -0.909. The summed E-state index contributed by atoms with van der Waals surface area (Å²) in [6, 6.07) is 14.1. The van der Waals surface area contributed by atoms with E-state index in [1.54, 1.807) is 42.5 Å². The van der Waals surface area contributed by atoms with Crippen LogP contribution in [0.5, 0.6) is 17.2 Å². The van der Waals surface area contributed by atoms with E-state index in [0.717, 1.165) is 0 Å². The average Bonchev–Trinajstić information content (AvgIpc) is 2.67. The fourth-order valence-corrected chi connectivity index (χ4v) is 2.40. The first-order chi connectivity index (χ1) is 12.7. The van der Waals surface area contributed by atoms with E-state index in [0.29, 0.717) is 29.5 Å². The van der Waals surface area contributed by atoms with Gasteiger partial charge in [-0.3, -0.25) is 4.79 Å². The van der Waals surface area contributed by atoms with Crippen LogP contribution in [0.25, 0.3) is 0 Å². The lowest BCUT2D eigenvalue weighted by molar-refractivity contribution is -0.156. The van der Waals surface area contributed by atoms with Gasteiger partial charge in [0.05, 0.1) is 12.3 Å². The Kier molecular flexibility index (Phi) is 5.58. The predicted octanol–water partition coefficient (Wildman–Crippen LogP) is 2.41. The highest BCUT2D eigenvalue weighted by molar-refractivity contribution is 5.94. The Morgan fingerprint density at radius 2 is 1.85 bits per heavy atom. The summed E-state index contributed by atoms with van der Waals surface area (Å²) in [4.78, 5) is 24.1. The second kappa shape index (κ2) is 8.24. The molecule has 7 nitrogen and oxygen atoms in total. The Hall–Kier alpha value is -3.22. The molecular weight excluding hydrogens is 338 g/mol. The lowest BCUT2D eigenvalue weighted by atomic mass is 10.2. The molecule has 0 fully saturated rings. The maximum Gasteiger partial charge on any atom is 0.351 e. The van der Waals surface area contributed by atoms with Gasteiger partial charge in [-0.25, -0.2) is 4.79 Å². The summed E-state index contributed by atoms with van der Waals surface area (Å²) in [5, 5.41) is 2.66. The molecule has 0 aromatic heterocycles. The highest BCUT2D eigenvalue weighted by atomic mass is 16.6. The molecule has 0 saturated heterocycles. The topological polar surface area (TPSA) is 83.1 Å². The summed E-state index contributed by atoms with van der Waals surface area (Å²) in [7, 11) is 0.